The van der Waals surface area contributed by atoms with Crippen LogP contribution < -0.4 is 11.1 Å². The smallest absolute Gasteiger partial charge is 0.205 e. The zero-order valence-electron chi connectivity index (χ0n) is 10.8. The Balaban J connectivity index is 2.35. The normalized spacial score (nSPS) is 16.9. The SMILES string of the molecule is CNc1ccc(N=C2C=C(N)C(=O)C=C2OC)cc1. The predicted octanol–water partition coefficient (Wildman–Crippen LogP) is 1.76. The Morgan fingerprint density at radius 1 is 1.21 bits per heavy atom. The Morgan fingerprint density at radius 2 is 1.89 bits per heavy atom. The number of aliphatic imine (C=N–C) groups is 1. The van der Waals surface area contributed by atoms with E-state index in [0.717, 1.165) is 11.4 Å². The van der Waals surface area contributed by atoms with E-state index >= 15 is 0 Å². The molecule has 1 aromatic rings. The molecule has 5 nitrogen and oxygen atoms in total. The van der Waals surface area contributed by atoms with Gasteiger partial charge in [-0.3, -0.25) is 4.79 Å². The third-order valence-electron chi connectivity index (χ3n) is 2.72. The fourth-order valence-corrected chi connectivity index (χ4v) is 1.66. The number of carbonyl (C=O) groups is 1. The van der Waals surface area contributed by atoms with E-state index in [1.807, 2.05) is 31.3 Å². The van der Waals surface area contributed by atoms with Gasteiger partial charge in [-0.05, 0) is 30.3 Å². The predicted molar refractivity (Wildman–Crippen MR) is 75.5 cm³/mol. The fraction of sp³-hybridized carbons (Fsp3) is 0.143. The van der Waals surface area contributed by atoms with Crippen molar-refractivity contribution < 1.29 is 9.53 Å². The van der Waals surface area contributed by atoms with E-state index in [0.29, 0.717) is 11.5 Å². The second-order valence-electron chi connectivity index (χ2n) is 3.97. The van der Waals surface area contributed by atoms with Gasteiger partial charge in [0.1, 0.15) is 11.5 Å². The first-order chi connectivity index (χ1) is 9.13. The van der Waals surface area contributed by atoms with Crippen molar-refractivity contribution in [2.75, 3.05) is 19.5 Å². The number of anilines is 1. The molecule has 1 aliphatic rings. The van der Waals surface area contributed by atoms with E-state index in [4.69, 9.17) is 10.5 Å². The number of nitrogens with zero attached hydrogens (tertiary/aromatic N) is 1. The van der Waals surface area contributed by atoms with Gasteiger partial charge in [0.15, 0.2) is 0 Å². The van der Waals surface area contributed by atoms with Crippen molar-refractivity contribution in [3.05, 3.63) is 47.9 Å². The van der Waals surface area contributed by atoms with Crippen molar-refractivity contribution in [2.45, 2.75) is 0 Å². The lowest BCUT2D eigenvalue weighted by molar-refractivity contribution is -0.111. The number of ketones is 1. The zero-order chi connectivity index (χ0) is 13.8. The van der Waals surface area contributed by atoms with Crippen LogP contribution in [0.4, 0.5) is 11.4 Å². The molecule has 0 aliphatic heterocycles. The highest BCUT2D eigenvalue weighted by Crippen LogP contribution is 2.19. The molecular weight excluding hydrogens is 242 g/mol. The molecule has 0 aromatic heterocycles. The number of ether oxygens (including phenoxy) is 1. The summed E-state index contributed by atoms with van der Waals surface area (Å²) in [5.41, 5.74) is 8.06. The van der Waals surface area contributed by atoms with Crippen LogP contribution in [0, 0.1) is 0 Å². The fourth-order valence-electron chi connectivity index (χ4n) is 1.66. The number of nitrogens with two attached hydrogens (primary N) is 1. The molecule has 0 saturated heterocycles. The molecule has 0 atom stereocenters. The highest BCUT2D eigenvalue weighted by molar-refractivity contribution is 6.21. The maximum absolute atomic E-state index is 11.4. The van der Waals surface area contributed by atoms with Crippen LogP contribution in [0.1, 0.15) is 0 Å². The topological polar surface area (TPSA) is 76.7 Å². The summed E-state index contributed by atoms with van der Waals surface area (Å²) in [7, 11) is 3.34. The van der Waals surface area contributed by atoms with Crippen molar-refractivity contribution in [3.8, 4) is 0 Å². The molecule has 0 saturated carbocycles. The average Bonchev–Trinajstić information content (AvgIpc) is 2.43. The van der Waals surface area contributed by atoms with Crippen molar-refractivity contribution in [1.29, 1.82) is 0 Å². The second-order valence-corrected chi connectivity index (χ2v) is 3.97. The Hall–Kier alpha value is -2.56. The second kappa shape index (κ2) is 5.39. The van der Waals surface area contributed by atoms with Crippen LogP contribution in [0.25, 0.3) is 0 Å². The van der Waals surface area contributed by atoms with Gasteiger partial charge < -0.3 is 15.8 Å². The lowest BCUT2D eigenvalue weighted by Crippen LogP contribution is -2.19. The minimum atomic E-state index is -0.263. The molecule has 2 rings (SSSR count). The van der Waals surface area contributed by atoms with Crippen LogP contribution >= 0.6 is 0 Å². The molecule has 0 heterocycles. The first kappa shape index (κ1) is 12.9. The first-order valence-corrected chi connectivity index (χ1v) is 5.78. The summed E-state index contributed by atoms with van der Waals surface area (Å²) in [6.45, 7) is 0. The number of allylic oxidation sites excluding steroid dienone is 2. The summed E-state index contributed by atoms with van der Waals surface area (Å²) >= 11 is 0. The quantitative estimate of drug-likeness (QED) is 0.809. The molecule has 19 heavy (non-hydrogen) atoms. The van der Waals surface area contributed by atoms with Crippen molar-refractivity contribution in [2.24, 2.45) is 10.7 Å². The number of hydrogen-bond acceptors (Lipinski definition) is 5. The lowest BCUT2D eigenvalue weighted by Gasteiger charge is -2.11. The summed E-state index contributed by atoms with van der Waals surface area (Å²) in [5.74, 6) is 0.151. The standard InChI is InChI=1S/C14H15N3O2/c1-16-9-3-5-10(6-4-9)17-12-7-11(15)13(18)8-14(12)19-2/h3-8,16H,15H2,1-2H3. The van der Waals surface area contributed by atoms with Crippen LogP contribution in [0.2, 0.25) is 0 Å². The Kier molecular flexibility index (Phi) is 3.66. The molecule has 5 heteroatoms. The summed E-state index contributed by atoms with van der Waals surface area (Å²) in [6, 6.07) is 7.56. The number of rotatable bonds is 3. The Bertz CT molecular complexity index is 583. The van der Waals surface area contributed by atoms with Gasteiger partial charge in [0, 0.05) is 18.8 Å². The minimum Gasteiger partial charge on any atom is -0.494 e. The maximum atomic E-state index is 11.4. The molecule has 0 unspecified atom stereocenters. The molecule has 3 N–H and O–H groups in total. The van der Waals surface area contributed by atoms with E-state index in [1.165, 1.54) is 19.3 Å². The third-order valence-corrected chi connectivity index (χ3v) is 2.72. The van der Waals surface area contributed by atoms with Crippen LogP contribution in [0.15, 0.2) is 52.9 Å². The number of carbonyl (C=O) groups excluding carboxylic acids is 1. The van der Waals surface area contributed by atoms with E-state index in [9.17, 15) is 4.79 Å². The van der Waals surface area contributed by atoms with Crippen LogP contribution in [-0.4, -0.2) is 25.7 Å². The Labute approximate surface area is 111 Å². The van der Waals surface area contributed by atoms with Crippen LogP contribution in [0.3, 0.4) is 0 Å². The largest absolute Gasteiger partial charge is 0.494 e. The number of methoxy groups -OCH3 is 1. The van der Waals surface area contributed by atoms with Gasteiger partial charge in [-0.25, -0.2) is 4.99 Å². The zero-order valence-corrected chi connectivity index (χ0v) is 10.8. The highest BCUT2D eigenvalue weighted by Gasteiger charge is 2.17. The van der Waals surface area contributed by atoms with Gasteiger partial charge >= 0.3 is 0 Å². The van der Waals surface area contributed by atoms with Crippen LogP contribution in [0.5, 0.6) is 0 Å². The van der Waals surface area contributed by atoms with E-state index in [1.54, 1.807) is 0 Å². The van der Waals surface area contributed by atoms with Gasteiger partial charge in [0.25, 0.3) is 0 Å². The van der Waals surface area contributed by atoms with E-state index < -0.39 is 0 Å². The summed E-state index contributed by atoms with van der Waals surface area (Å²) in [4.78, 5) is 15.8. The summed E-state index contributed by atoms with van der Waals surface area (Å²) < 4.78 is 5.14. The lowest BCUT2D eigenvalue weighted by atomic mass is 10.1. The molecule has 0 fully saturated rings. The van der Waals surface area contributed by atoms with Gasteiger partial charge in [-0.2, -0.15) is 0 Å². The van der Waals surface area contributed by atoms with Crippen LogP contribution in [-0.2, 0) is 9.53 Å². The molecule has 0 amide bonds. The van der Waals surface area contributed by atoms with Gasteiger partial charge in [0.05, 0.1) is 18.5 Å². The highest BCUT2D eigenvalue weighted by atomic mass is 16.5. The van der Waals surface area contributed by atoms with Crippen molar-refractivity contribution in [3.63, 3.8) is 0 Å². The molecule has 0 bridgehead atoms. The molecular formula is C14H15N3O2. The molecule has 1 aliphatic carbocycles. The molecule has 0 radical (unpaired) electrons. The maximum Gasteiger partial charge on any atom is 0.205 e. The van der Waals surface area contributed by atoms with Crippen molar-refractivity contribution >= 4 is 22.9 Å². The van der Waals surface area contributed by atoms with Crippen molar-refractivity contribution in [1.82, 2.24) is 0 Å². The van der Waals surface area contributed by atoms with Gasteiger partial charge in [-0.15, -0.1) is 0 Å². The molecule has 0 spiro atoms. The summed E-state index contributed by atoms with van der Waals surface area (Å²) in [6.07, 6.45) is 2.86. The number of nitrogens with one attached hydrogen (secondary N) is 1. The molecule has 98 valence electrons. The number of hydrogen-bond donors (Lipinski definition) is 2. The van der Waals surface area contributed by atoms with Gasteiger partial charge in [-0.1, -0.05) is 0 Å². The van der Waals surface area contributed by atoms with E-state index in [2.05, 4.69) is 10.3 Å². The molecule has 1 aromatic carbocycles. The first-order valence-electron chi connectivity index (χ1n) is 5.78. The Morgan fingerprint density at radius 3 is 2.47 bits per heavy atom. The average molecular weight is 257 g/mol. The van der Waals surface area contributed by atoms with Gasteiger partial charge in [0.2, 0.25) is 5.78 Å². The number of benzene rings is 1. The summed E-state index contributed by atoms with van der Waals surface area (Å²) in [5, 5.41) is 3.03. The van der Waals surface area contributed by atoms with E-state index in [-0.39, 0.29) is 11.5 Å². The monoisotopic (exact) mass is 257 g/mol. The third kappa shape index (κ3) is 2.82. The minimum absolute atomic E-state index is 0.159.